The number of rotatable bonds is 7. The minimum absolute atomic E-state index is 0.224. The molecule has 0 aliphatic rings. The van der Waals surface area contributed by atoms with Gasteiger partial charge in [0, 0.05) is 28.7 Å². The van der Waals surface area contributed by atoms with Gasteiger partial charge in [-0.15, -0.1) is 0 Å². The molecular weight excluding hydrogens is 330 g/mol. The predicted octanol–water partition coefficient (Wildman–Crippen LogP) is 3.53. The van der Waals surface area contributed by atoms with Gasteiger partial charge >= 0.3 is 0 Å². The van der Waals surface area contributed by atoms with Gasteiger partial charge < -0.3 is 10.1 Å². The van der Waals surface area contributed by atoms with Crippen LogP contribution >= 0.6 is 15.9 Å². The highest BCUT2D eigenvalue weighted by molar-refractivity contribution is 9.10. The fourth-order valence-electron chi connectivity index (χ4n) is 2.16. The molecule has 0 radical (unpaired) electrons. The fourth-order valence-corrected chi connectivity index (χ4v) is 2.58. The van der Waals surface area contributed by atoms with E-state index in [1.54, 1.807) is 13.4 Å². The molecule has 112 valence electrons. The van der Waals surface area contributed by atoms with Crippen molar-refractivity contribution in [2.45, 2.75) is 25.8 Å². The lowest BCUT2D eigenvalue weighted by Gasteiger charge is -2.19. The molecule has 0 saturated heterocycles. The number of aromatic nitrogens is 2. The van der Waals surface area contributed by atoms with Crippen LogP contribution in [0.2, 0.25) is 0 Å². The Kier molecular flexibility index (Phi) is 6.14. The molecule has 1 N–H and O–H groups in total. The third kappa shape index (κ3) is 4.79. The number of halogens is 1. The summed E-state index contributed by atoms with van der Waals surface area (Å²) in [5.41, 5.74) is 2.21. The van der Waals surface area contributed by atoms with Gasteiger partial charge in [0.25, 0.3) is 0 Å². The van der Waals surface area contributed by atoms with Crippen LogP contribution in [-0.2, 0) is 6.42 Å². The highest BCUT2D eigenvalue weighted by atomic mass is 79.9. The van der Waals surface area contributed by atoms with Crippen molar-refractivity contribution in [2.24, 2.45) is 0 Å². The Labute approximate surface area is 134 Å². The van der Waals surface area contributed by atoms with E-state index in [4.69, 9.17) is 4.74 Å². The summed E-state index contributed by atoms with van der Waals surface area (Å²) in [6.07, 6.45) is 3.44. The molecule has 1 unspecified atom stereocenters. The zero-order valence-electron chi connectivity index (χ0n) is 12.3. The van der Waals surface area contributed by atoms with Gasteiger partial charge in [-0.25, -0.2) is 9.97 Å². The van der Waals surface area contributed by atoms with Crippen LogP contribution in [0.3, 0.4) is 0 Å². The minimum Gasteiger partial charge on any atom is -0.481 e. The van der Waals surface area contributed by atoms with E-state index >= 15 is 0 Å². The first-order valence-electron chi connectivity index (χ1n) is 7.06. The van der Waals surface area contributed by atoms with Crippen molar-refractivity contribution < 1.29 is 4.74 Å². The first kappa shape index (κ1) is 15.9. The van der Waals surface area contributed by atoms with Crippen LogP contribution in [0.4, 0.5) is 0 Å². The van der Waals surface area contributed by atoms with E-state index in [9.17, 15) is 0 Å². The lowest BCUT2D eigenvalue weighted by atomic mass is 10.0. The van der Waals surface area contributed by atoms with Crippen LogP contribution in [0.1, 0.15) is 30.6 Å². The van der Waals surface area contributed by atoms with Crippen LogP contribution in [0.15, 0.2) is 41.1 Å². The van der Waals surface area contributed by atoms with Crippen LogP contribution in [0.5, 0.6) is 5.88 Å². The van der Waals surface area contributed by atoms with Gasteiger partial charge in [-0.05, 0) is 30.7 Å². The van der Waals surface area contributed by atoms with E-state index in [2.05, 4.69) is 56.3 Å². The summed E-state index contributed by atoms with van der Waals surface area (Å²) in [6.45, 7) is 3.14. The molecule has 0 amide bonds. The molecule has 0 aliphatic heterocycles. The lowest BCUT2D eigenvalue weighted by Crippen LogP contribution is -2.24. The van der Waals surface area contributed by atoms with Gasteiger partial charge in [0.15, 0.2) is 0 Å². The van der Waals surface area contributed by atoms with E-state index in [0.717, 1.165) is 29.6 Å². The Morgan fingerprint density at radius 2 is 2.14 bits per heavy atom. The SMILES string of the molecule is CCCNC(Cc1cc(OC)ncn1)c1cccc(Br)c1. The van der Waals surface area contributed by atoms with E-state index in [0.29, 0.717) is 5.88 Å². The normalized spacial score (nSPS) is 12.1. The average Bonchev–Trinajstić information content (AvgIpc) is 2.51. The molecular formula is C16H20BrN3O. The van der Waals surface area contributed by atoms with E-state index in [-0.39, 0.29) is 6.04 Å². The number of methoxy groups -OCH3 is 1. The molecule has 1 atom stereocenters. The Morgan fingerprint density at radius 3 is 2.86 bits per heavy atom. The second kappa shape index (κ2) is 8.10. The summed E-state index contributed by atoms with van der Waals surface area (Å²) in [5, 5.41) is 3.58. The maximum absolute atomic E-state index is 5.16. The smallest absolute Gasteiger partial charge is 0.216 e. The van der Waals surface area contributed by atoms with Crippen LogP contribution in [0.25, 0.3) is 0 Å². The number of benzene rings is 1. The number of hydrogen-bond acceptors (Lipinski definition) is 4. The van der Waals surface area contributed by atoms with Gasteiger partial charge in [-0.3, -0.25) is 0 Å². The average molecular weight is 350 g/mol. The molecule has 1 heterocycles. The van der Waals surface area contributed by atoms with Gasteiger partial charge in [0.05, 0.1) is 7.11 Å². The summed E-state index contributed by atoms with van der Waals surface area (Å²) in [7, 11) is 1.62. The first-order chi connectivity index (χ1) is 10.2. The molecule has 2 rings (SSSR count). The number of ether oxygens (including phenoxy) is 1. The Morgan fingerprint density at radius 1 is 1.29 bits per heavy atom. The molecule has 0 bridgehead atoms. The molecule has 0 aliphatic carbocycles. The second-order valence-electron chi connectivity index (χ2n) is 4.82. The van der Waals surface area contributed by atoms with E-state index < -0.39 is 0 Å². The van der Waals surface area contributed by atoms with Crippen LogP contribution in [-0.4, -0.2) is 23.6 Å². The Bertz CT molecular complexity index is 577. The molecule has 2 aromatic rings. The monoisotopic (exact) mass is 349 g/mol. The Hall–Kier alpha value is -1.46. The molecule has 0 fully saturated rings. The molecule has 0 saturated carbocycles. The van der Waals surface area contributed by atoms with Crippen LogP contribution in [0, 0.1) is 0 Å². The van der Waals surface area contributed by atoms with Gasteiger partial charge in [-0.2, -0.15) is 0 Å². The maximum Gasteiger partial charge on any atom is 0.216 e. The van der Waals surface area contributed by atoms with Crippen molar-refractivity contribution >= 4 is 15.9 Å². The minimum atomic E-state index is 0.224. The van der Waals surface area contributed by atoms with Gasteiger partial charge in [0.1, 0.15) is 6.33 Å². The van der Waals surface area contributed by atoms with Gasteiger partial charge in [-0.1, -0.05) is 35.0 Å². The van der Waals surface area contributed by atoms with Crippen LogP contribution < -0.4 is 10.1 Å². The number of nitrogens with zero attached hydrogens (tertiary/aromatic N) is 2. The largest absolute Gasteiger partial charge is 0.481 e. The molecule has 21 heavy (non-hydrogen) atoms. The maximum atomic E-state index is 5.16. The summed E-state index contributed by atoms with van der Waals surface area (Å²) in [4.78, 5) is 8.39. The zero-order valence-corrected chi connectivity index (χ0v) is 13.9. The highest BCUT2D eigenvalue weighted by Gasteiger charge is 2.13. The van der Waals surface area contributed by atoms with E-state index in [1.807, 2.05) is 12.1 Å². The third-order valence-electron chi connectivity index (χ3n) is 3.21. The molecule has 1 aromatic carbocycles. The Balaban J connectivity index is 2.19. The predicted molar refractivity (Wildman–Crippen MR) is 87.5 cm³/mol. The molecule has 1 aromatic heterocycles. The third-order valence-corrected chi connectivity index (χ3v) is 3.71. The van der Waals surface area contributed by atoms with Crippen molar-refractivity contribution in [1.82, 2.24) is 15.3 Å². The highest BCUT2D eigenvalue weighted by Crippen LogP contribution is 2.22. The zero-order chi connectivity index (χ0) is 15.1. The van der Waals surface area contributed by atoms with Crippen molar-refractivity contribution in [3.8, 4) is 5.88 Å². The quantitative estimate of drug-likeness (QED) is 0.830. The standard InChI is InChI=1S/C16H20BrN3O/c1-3-7-18-15(12-5-4-6-13(17)8-12)9-14-10-16(21-2)20-11-19-14/h4-6,8,10-11,15,18H,3,7,9H2,1-2H3. The summed E-state index contributed by atoms with van der Waals surface area (Å²) >= 11 is 3.53. The summed E-state index contributed by atoms with van der Waals surface area (Å²) in [5.74, 6) is 0.600. The van der Waals surface area contributed by atoms with Gasteiger partial charge in [0.2, 0.25) is 5.88 Å². The summed E-state index contributed by atoms with van der Waals surface area (Å²) < 4.78 is 6.25. The topological polar surface area (TPSA) is 47.0 Å². The van der Waals surface area contributed by atoms with Crippen molar-refractivity contribution in [2.75, 3.05) is 13.7 Å². The molecule has 5 heteroatoms. The molecule has 4 nitrogen and oxygen atoms in total. The van der Waals surface area contributed by atoms with Crippen molar-refractivity contribution in [3.05, 3.63) is 52.4 Å². The first-order valence-corrected chi connectivity index (χ1v) is 7.86. The molecule has 0 spiro atoms. The van der Waals surface area contributed by atoms with E-state index in [1.165, 1.54) is 5.56 Å². The van der Waals surface area contributed by atoms with Crippen molar-refractivity contribution in [3.63, 3.8) is 0 Å². The van der Waals surface area contributed by atoms with Crippen molar-refractivity contribution in [1.29, 1.82) is 0 Å². The number of hydrogen-bond donors (Lipinski definition) is 1. The number of nitrogens with one attached hydrogen (secondary N) is 1. The summed E-state index contributed by atoms with van der Waals surface area (Å²) in [6, 6.07) is 10.5. The second-order valence-corrected chi connectivity index (χ2v) is 5.73. The fraction of sp³-hybridized carbons (Fsp3) is 0.375. The lowest BCUT2D eigenvalue weighted by molar-refractivity contribution is 0.395.